The molecular weight excluding hydrogens is 236 g/mol. The van der Waals surface area contributed by atoms with Crippen LogP contribution in [-0.2, 0) is 20.1 Å². The van der Waals surface area contributed by atoms with Gasteiger partial charge in [0.15, 0.2) is 0 Å². The largest absolute Gasteiger partial charge is 0.307 e. The molecule has 1 aromatic heterocycles. The predicted molar refractivity (Wildman–Crippen MR) is 65.2 cm³/mol. The topological polar surface area (TPSA) is 29.9 Å². The van der Waals surface area contributed by atoms with E-state index in [0.29, 0.717) is 13.1 Å². The van der Waals surface area contributed by atoms with Crippen molar-refractivity contribution in [2.75, 3.05) is 0 Å². The minimum absolute atomic E-state index is 0.0647. The number of hydrogen-bond donors (Lipinski definition) is 1. The molecule has 1 aromatic carbocycles. The Morgan fingerprint density at radius 3 is 2.78 bits per heavy atom. The van der Waals surface area contributed by atoms with E-state index in [9.17, 15) is 8.78 Å². The van der Waals surface area contributed by atoms with Gasteiger partial charge < -0.3 is 5.32 Å². The molecular formula is C13H15F2N3. The lowest BCUT2D eigenvalue weighted by Gasteiger charge is -2.07. The van der Waals surface area contributed by atoms with Gasteiger partial charge in [-0.15, -0.1) is 0 Å². The Bertz CT molecular complexity index is 508. The second-order valence-electron chi connectivity index (χ2n) is 4.10. The highest BCUT2D eigenvalue weighted by molar-refractivity contribution is 5.24. The van der Waals surface area contributed by atoms with Gasteiger partial charge in [0.1, 0.15) is 0 Å². The molecule has 0 saturated carbocycles. The summed E-state index contributed by atoms with van der Waals surface area (Å²) >= 11 is 0. The maximum absolute atomic E-state index is 12.5. The number of aryl methyl sites for hydroxylation is 1. The Balaban J connectivity index is 1.90. The van der Waals surface area contributed by atoms with Gasteiger partial charge in [0, 0.05) is 31.9 Å². The van der Waals surface area contributed by atoms with Crippen LogP contribution in [0.2, 0.25) is 0 Å². The van der Waals surface area contributed by atoms with E-state index in [4.69, 9.17) is 0 Å². The highest BCUT2D eigenvalue weighted by Gasteiger charge is 2.06. The summed E-state index contributed by atoms with van der Waals surface area (Å²) in [5, 5.41) is 7.26. The van der Waals surface area contributed by atoms with E-state index in [-0.39, 0.29) is 5.56 Å². The highest BCUT2D eigenvalue weighted by Crippen LogP contribution is 2.19. The summed E-state index contributed by atoms with van der Waals surface area (Å²) in [6.07, 6.45) is -0.684. The van der Waals surface area contributed by atoms with Gasteiger partial charge >= 0.3 is 0 Å². The van der Waals surface area contributed by atoms with Gasteiger partial charge in [0.25, 0.3) is 6.43 Å². The number of hydrogen-bond acceptors (Lipinski definition) is 2. The molecule has 2 rings (SSSR count). The van der Waals surface area contributed by atoms with Crippen molar-refractivity contribution in [1.29, 1.82) is 0 Å². The number of nitrogens with one attached hydrogen (secondary N) is 1. The zero-order valence-corrected chi connectivity index (χ0v) is 10.1. The second-order valence-corrected chi connectivity index (χ2v) is 4.10. The first-order chi connectivity index (χ1) is 8.66. The number of nitrogens with zero attached hydrogens (tertiary/aromatic N) is 2. The van der Waals surface area contributed by atoms with E-state index in [1.54, 1.807) is 16.9 Å². The summed E-state index contributed by atoms with van der Waals surface area (Å²) in [4.78, 5) is 0. The van der Waals surface area contributed by atoms with Crippen LogP contribution in [0.5, 0.6) is 0 Å². The average Bonchev–Trinajstić information content (AvgIpc) is 2.76. The Morgan fingerprint density at radius 2 is 2.11 bits per heavy atom. The number of rotatable bonds is 5. The van der Waals surface area contributed by atoms with Crippen LogP contribution in [0, 0.1) is 0 Å². The fourth-order valence-corrected chi connectivity index (χ4v) is 1.75. The van der Waals surface area contributed by atoms with Crippen molar-refractivity contribution < 1.29 is 8.78 Å². The minimum atomic E-state index is -2.41. The smallest absolute Gasteiger partial charge is 0.263 e. The van der Waals surface area contributed by atoms with Crippen molar-refractivity contribution in [3.05, 3.63) is 53.3 Å². The molecule has 5 heteroatoms. The van der Waals surface area contributed by atoms with Crippen molar-refractivity contribution in [2.45, 2.75) is 19.5 Å². The van der Waals surface area contributed by atoms with Crippen LogP contribution in [0.25, 0.3) is 0 Å². The second kappa shape index (κ2) is 5.73. The lowest BCUT2D eigenvalue weighted by atomic mass is 10.1. The normalized spacial score (nSPS) is 11.1. The first-order valence-corrected chi connectivity index (χ1v) is 5.71. The molecule has 18 heavy (non-hydrogen) atoms. The Kier molecular flexibility index (Phi) is 4.04. The van der Waals surface area contributed by atoms with Crippen LogP contribution in [0.3, 0.4) is 0 Å². The lowest BCUT2D eigenvalue weighted by molar-refractivity contribution is 0.151. The summed E-state index contributed by atoms with van der Waals surface area (Å²) in [7, 11) is 1.87. The molecule has 0 amide bonds. The standard InChI is InChI=1S/C13H15F2N3/c1-18-12(5-6-17-18)9-16-8-10-3-2-4-11(7-10)13(14)15/h2-7,13,16H,8-9H2,1H3. The zero-order chi connectivity index (χ0) is 13.0. The summed E-state index contributed by atoms with van der Waals surface area (Å²) in [5.41, 5.74) is 1.98. The molecule has 0 spiro atoms. The van der Waals surface area contributed by atoms with E-state index >= 15 is 0 Å². The van der Waals surface area contributed by atoms with Gasteiger partial charge in [0.05, 0.1) is 5.69 Å². The first-order valence-electron chi connectivity index (χ1n) is 5.71. The van der Waals surface area contributed by atoms with Gasteiger partial charge in [-0.1, -0.05) is 18.2 Å². The molecule has 0 bridgehead atoms. The molecule has 3 nitrogen and oxygen atoms in total. The van der Waals surface area contributed by atoms with Gasteiger partial charge in [-0.05, 0) is 17.7 Å². The van der Waals surface area contributed by atoms with Crippen molar-refractivity contribution in [3.8, 4) is 0 Å². The van der Waals surface area contributed by atoms with Gasteiger partial charge in [0.2, 0.25) is 0 Å². The molecule has 0 fully saturated rings. The van der Waals surface area contributed by atoms with E-state index in [1.165, 1.54) is 12.1 Å². The maximum atomic E-state index is 12.5. The van der Waals surface area contributed by atoms with Crippen molar-refractivity contribution in [2.24, 2.45) is 7.05 Å². The van der Waals surface area contributed by atoms with Crippen molar-refractivity contribution >= 4 is 0 Å². The zero-order valence-electron chi connectivity index (χ0n) is 10.1. The van der Waals surface area contributed by atoms with Crippen LogP contribution in [0.1, 0.15) is 23.2 Å². The quantitative estimate of drug-likeness (QED) is 0.885. The third kappa shape index (κ3) is 3.13. The van der Waals surface area contributed by atoms with Gasteiger partial charge in [-0.3, -0.25) is 4.68 Å². The highest BCUT2D eigenvalue weighted by atomic mass is 19.3. The molecule has 0 aliphatic rings. The van der Waals surface area contributed by atoms with Crippen LogP contribution in [0.4, 0.5) is 8.78 Å². The Hall–Kier alpha value is -1.75. The SMILES string of the molecule is Cn1nccc1CNCc1cccc(C(F)F)c1. The fourth-order valence-electron chi connectivity index (χ4n) is 1.75. The third-order valence-electron chi connectivity index (χ3n) is 2.76. The number of alkyl halides is 2. The van der Waals surface area contributed by atoms with E-state index in [0.717, 1.165) is 11.3 Å². The average molecular weight is 251 g/mol. The maximum Gasteiger partial charge on any atom is 0.263 e. The van der Waals surface area contributed by atoms with E-state index in [2.05, 4.69) is 10.4 Å². The Labute approximate surface area is 104 Å². The third-order valence-corrected chi connectivity index (χ3v) is 2.76. The molecule has 0 unspecified atom stereocenters. The van der Waals surface area contributed by atoms with Crippen molar-refractivity contribution in [1.82, 2.24) is 15.1 Å². The summed E-state index contributed by atoms with van der Waals surface area (Å²) < 4.78 is 26.8. The number of aromatic nitrogens is 2. The van der Waals surface area contributed by atoms with Gasteiger partial charge in [-0.25, -0.2) is 8.78 Å². The number of halogens is 2. The summed E-state index contributed by atoms with van der Waals surface area (Å²) in [5.74, 6) is 0. The van der Waals surface area contributed by atoms with E-state index < -0.39 is 6.43 Å². The molecule has 0 saturated heterocycles. The molecule has 1 heterocycles. The first kappa shape index (κ1) is 12.7. The van der Waals surface area contributed by atoms with Crippen LogP contribution in [0.15, 0.2) is 36.5 Å². The minimum Gasteiger partial charge on any atom is -0.307 e. The summed E-state index contributed by atoms with van der Waals surface area (Å²) in [6, 6.07) is 8.38. The Morgan fingerprint density at radius 1 is 1.28 bits per heavy atom. The predicted octanol–water partition coefficient (Wildman–Crippen LogP) is 2.65. The molecule has 0 aliphatic heterocycles. The monoisotopic (exact) mass is 251 g/mol. The molecule has 2 aromatic rings. The molecule has 1 N–H and O–H groups in total. The van der Waals surface area contributed by atoms with E-state index in [1.807, 2.05) is 19.2 Å². The molecule has 0 atom stereocenters. The lowest BCUT2D eigenvalue weighted by Crippen LogP contribution is -2.15. The number of benzene rings is 1. The molecule has 0 aliphatic carbocycles. The molecule has 96 valence electrons. The van der Waals surface area contributed by atoms with Crippen LogP contribution < -0.4 is 5.32 Å². The van der Waals surface area contributed by atoms with Gasteiger partial charge in [-0.2, -0.15) is 5.10 Å². The van der Waals surface area contributed by atoms with Crippen molar-refractivity contribution in [3.63, 3.8) is 0 Å². The molecule has 0 radical (unpaired) electrons. The van der Waals surface area contributed by atoms with Crippen LogP contribution >= 0.6 is 0 Å². The fraction of sp³-hybridized carbons (Fsp3) is 0.308. The summed E-state index contributed by atoms with van der Waals surface area (Å²) in [6.45, 7) is 1.22. The van der Waals surface area contributed by atoms with Crippen LogP contribution in [-0.4, -0.2) is 9.78 Å².